The molecule has 2 aromatic heterocycles. The van der Waals surface area contributed by atoms with Crippen LogP contribution in [0.5, 0.6) is 5.88 Å². The SMILES string of the molecule is CC(F)C(F)(F)Oc1nn(C)c(-n2cc(-c3cc(C(=O)NC4CC4)c(Cl)cc3F)cn2)c1C(F)(F)F. The summed E-state index contributed by atoms with van der Waals surface area (Å²) in [4.78, 5) is 12.4. The normalized spacial score (nSPS) is 15.2. The molecule has 0 bridgehead atoms. The molecular weight excluding hydrogens is 523 g/mol. The lowest BCUT2D eigenvalue weighted by Crippen LogP contribution is -2.35. The van der Waals surface area contributed by atoms with Crippen LogP contribution >= 0.6 is 11.6 Å². The highest BCUT2D eigenvalue weighted by Crippen LogP contribution is 2.42. The van der Waals surface area contributed by atoms with Crippen molar-refractivity contribution in [2.75, 3.05) is 0 Å². The third-order valence-corrected chi connectivity index (χ3v) is 5.60. The number of ether oxygens (including phenoxy) is 1. The second-order valence-corrected chi connectivity index (χ2v) is 8.55. The predicted molar refractivity (Wildman–Crippen MR) is 112 cm³/mol. The maximum Gasteiger partial charge on any atom is 0.430 e. The quantitative estimate of drug-likeness (QED) is 0.413. The molecule has 15 heteroatoms. The molecular formula is C21H17ClF7N5O2. The first-order valence-electron chi connectivity index (χ1n) is 10.4. The van der Waals surface area contributed by atoms with Crippen molar-refractivity contribution in [1.29, 1.82) is 0 Å². The predicted octanol–water partition coefficient (Wildman–Crippen LogP) is 5.31. The molecule has 4 rings (SSSR count). The summed E-state index contributed by atoms with van der Waals surface area (Å²) >= 11 is 6.00. The van der Waals surface area contributed by atoms with Crippen LogP contribution in [0.25, 0.3) is 16.9 Å². The van der Waals surface area contributed by atoms with E-state index in [1.807, 2.05) is 0 Å². The lowest BCUT2D eigenvalue weighted by molar-refractivity contribution is -0.220. The molecule has 1 fully saturated rings. The first-order chi connectivity index (χ1) is 16.7. The van der Waals surface area contributed by atoms with Crippen molar-refractivity contribution in [3.63, 3.8) is 0 Å². The van der Waals surface area contributed by atoms with Crippen molar-refractivity contribution in [2.45, 2.75) is 44.3 Å². The molecule has 7 nitrogen and oxygen atoms in total. The number of alkyl halides is 6. The van der Waals surface area contributed by atoms with Gasteiger partial charge in [-0.1, -0.05) is 11.6 Å². The Kier molecular flexibility index (Phi) is 6.43. The third-order valence-electron chi connectivity index (χ3n) is 5.29. The highest BCUT2D eigenvalue weighted by atomic mass is 35.5. The summed E-state index contributed by atoms with van der Waals surface area (Å²) in [6, 6.07) is 2.00. The maximum absolute atomic E-state index is 14.7. The average molecular weight is 540 g/mol. The number of aryl methyl sites for hydroxylation is 1. The van der Waals surface area contributed by atoms with Crippen LogP contribution in [0, 0.1) is 5.82 Å². The maximum atomic E-state index is 14.7. The molecule has 1 N–H and O–H groups in total. The van der Waals surface area contributed by atoms with Crippen molar-refractivity contribution in [1.82, 2.24) is 24.9 Å². The first kappa shape index (κ1) is 25.8. The monoisotopic (exact) mass is 539 g/mol. The summed E-state index contributed by atoms with van der Waals surface area (Å²) in [7, 11) is 0.999. The molecule has 1 atom stereocenters. The van der Waals surface area contributed by atoms with E-state index < -0.39 is 47.4 Å². The Morgan fingerprint density at radius 2 is 1.92 bits per heavy atom. The summed E-state index contributed by atoms with van der Waals surface area (Å²) in [6.45, 7) is 0.413. The number of nitrogens with one attached hydrogen (secondary N) is 1. The fourth-order valence-corrected chi connectivity index (χ4v) is 3.53. The lowest BCUT2D eigenvalue weighted by atomic mass is 10.0. The highest BCUT2D eigenvalue weighted by Gasteiger charge is 2.47. The number of benzene rings is 1. The van der Waals surface area contributed by atoms with Crippen molar-refractivity contribution >= 4 is 17.5 Å². The van der Waals surface area contributed by atoms with Crippen LogP contribution in [-0.2, 0) is 13.2 Å². The van der Waals surface area contributed by atoms with Crippen LogP contribution in [0.1, 0.15) is 35.7 Å². The Hall–Kier alpha value is -3.29. The van der Waals surface area contributed by atoms with Gasteiger partial charge in [0, 0.05) is 30.4 Å². The zero-order valence-corrected chi connectivity index (χ0v) is 19.3. The number of hydrogen-bond donors (Lipinski definition) is 1. The minimum absolute atomic E-state index is 0.0142. The Morgan fingerprint density at radius 1 is 1.25 bits per heavy atom. The van der Waals surface area contributed by atoms with Gasteiger partial charge in [0.1, 0.15) is 5.82 Å². The van der Waals surface area contributed by atoms with E-state index in [-0.39, 0.29) is 27.8 Å². The average Bonchev–Trinajstić information content (AvgIpc) is 3.31. The van der Waals surface area contributed by atoms with E-state index in [9.17, 15) is 35.5 Å². The molecule has 1 aliphatic carbocycles. The smallest absolute Gasteiger partial charge is 0.410 e. The third kappa shape index (κ3) is 4.99. The molecule has 1 saturated carbocycles. The zero-order valence-electron chi connectivity index (χ0n) is 18.5. The standard InChI is InChI=1S/C21H17ClF7N5O2/c1-9(23)21(28,29)36-18-16(20(25,26)27)19(33(2)32-18)34-8-10(7-30-34)12-5-13(14(22)6-15(12)24)17(35)31-11-3-4-11/h5-9,11H,3-4H2,1-2H3,(H,31,35). The van der Waals surface area contributed by atoms with Gasteiger partial charge in [0.25, 0.3) is 11.8 Å². The highest BCUT2D eigenvalue weighted by molar-refractivity contribution is 6.34. The van der Waals surface area contributed by atoms with Gasteiger partial charge < -0.3 is 10.1 Å². The van der Waals surface area contributed by atoms with Crippen LogP contribution in [-0.4, -0.2) is 43.8 Å². The minimum atomic E-state index is -5.26. The topological polar surface area (TPSA) is 74.0 Å². The Morgan fingerprint density at radius 3 is 2.50 bits per heavy atom. The molecule has 3 aromatic rings. The van der Waals surface area contributed by atoms with E-state index >= 15 is 0 Å². The second-order valence-electron chi connectivity index (χ2n) is 8.14. The number of halogens is 8. The number of rotatable bonds is 7. The van der Waals surface area contributed by atoms with E-state index in [2.05, 4.69) is 20.3 Å². The Bertz CT molecular complexity index is 1310. The number of carbonyl (C=O) groups excluding carboxylic acids is 1. The van der Waals surface area contributed by atoms with Crippen LogP contribution in [0.3, 0.4) is 0 Å². The van der Waals surface area contributed by atoms with Gasteiger partial charge in [-0.3, -0.25) is 4.79 Å². The summed E-state index contributed by atoms with van der Waals surface area (Å²) in [5.74, 6) is -3.86. The summed E-state index contributed by atoms with van der Waals surface area (Å²) < 4.78 is 102. The number of amides is 1. The van der Waals surface area contributed by atoms with Crippen molar-refractivity contribution < 1.29 is 40.3 Å². The first-order valence-corrected chi connectivity index (χ1v) is 10.8. The molecule has 1 aromatic carbocycles. The molecule has 1 aliphatic rings. The molecule has 0 spiro atoms. The fourth-order valence-electron chi connectivity index (χ4n) is 3.30. The van der Waals surface area contributed by atoms with Gasteiger partial charge in [-0.15, -0.1) is 5.10 Å². The zero-order chi connectivity index (χ0) is 26.6. The van der Waals surface area contributed by atoms with Crippen LogP contribution < -0.4 is 10.1 Å². The molecule has 0 saturated heterocycles. The van der Waals surface area contributed by atoms with Gasteiger partial charge in [-0.25, -0.2) is 18.1 Å². The molecule has 2 heterocycles. The van der Waals surface area contributed by atoms with E-state index in [0.717, 1.165) is 44.4 Å². The van der Waals surface area contributed by atoms with Crippen molar-refractivity contribution in [3.05, 3.63) is 46.5 Å². The van der Waals surface area contributed by atoms with Gasteiger partial charge in [0.05, 0.1) is 16.8 Å². The fraction of sp³-hybridized carbons (Fsp3) is 0.381. The number of aromatic nitrogens is 4. The Balaban J connectivity index is 1.76. The van der Waals surface area contributed by atoms with E-state index in [1.165, 1.54) is 0 Å². The lowest BCUT2D eigenvalue weighted by Gasteiger charge is -2.18. The van der Waals surface area contributed by atoms with Gasteiger partial charge in [-0.05, 0) is 31.9 Å². The molecule has 0 radical (unpaired) electrons. The minimum Gasteiger partial charge on any atom is -0.410 e. The summed E-state index contributed by atoms with van der Waals surface area (Å²) in [5.41, 5.74) is -2.05. The molecule has 1 unspecified atom stereocenters. The van der Waals surface area contributed by atoms with Crippen molar-refractivity contribution in [2.24, 2.45) is 7.05 Å². The summed E-state index contributed by atoms with van der Waals surface area (Å²) in [5, 5.41) is 9.63. The molecule has 1 amide bonds. The van der Waals surface area contributed by atoms with Gasteiger partial charge in [0.15, 0.2) is 11.4 Å². The van der Waals surface area contributed by atoms with E-state index in [0.29, 0.717) is 16.3 Å². The Labute approximate surface area is 203 Å². The molecule has 36 heavy (non-hydrogen) atoms. The molecule has 0 aliphatic heterocycles. The van der Waals surface area contributed by atoms with Crippen LogP contribution in [0.4, 0.5) is 30.7 Å². The van der Waals surface area contributed by atoms with Crippen LogP contribution in [0.15, 0.2) is 24.5 Å². The van der Waals surface area contributed by atoms with Gasteiger partial charge in [-0.2, -0.15) is 27.1 Å². The van der Waals surface area contributed by atoms with Gasteiger partial charge in [0.2, 0.25) is 6.17 Å². The molecule has 194 valence electrons. The van der Waals surface area contributed by atoms with E-state index in [4.69, 9.17) is 11.6 Å². The largest absolute Gasteiger partial charge is 0.430 e. The van der Waals surface area contributed by atoms with Gasteiger partial charge >= 0.3 is 12.3 Å². The summed E-state index contributed by atoms with van der Waals surface area (Å²) in [6.07, 6.45) is -9.23. The van der Waals surface area contributed by atoms with Crippen molar-refractivity contribution in [3.8, 4) is 22.8 Å². The number of hydrogen-bond acceptors (Lipinski definition) is 4. The van der Waals surface area contributed by atoms with E-state index in [1.54, 1.807) is 0 Å². The number of carbonyl (C=O) groups is 1. The number of nitrogens with zero attached hydrogens (tertiary/aromatic N) is 4. The van der Waals surface area contributed by atoms with Crippen LogP contribution in [0.2, 0.25) is 5.02 Å². The second kappa shape index (κ2) is 8.98.